The van der Waals surface area contributed by atoms with E-state index in [1.165, 1.54) is 30.0 Å². The minimum absolute atomic E-state index is 0.0787. The summed E-state index contributed by atoms with van der Waals surface area (Å²) in [6, 6.07) is 10.6. The third-order valence-corrected chi connectivity index (χ3v) is 4.56. The fourth-order valence-electron chi connectivity index (χ4n) is 3.18. The maximum Gasteiger partial charge on any atom is 0.274 e. The molecule has 0 aliphatic heterocycles. The molecule has 4 nitrogen and oxygen atoms in total. The molecule has 0 aliphatic carbocycles. The zero-order chi connectivity index (χ0) is 21.1. The molecule has 29 heavy (non-hydrogen) atoms. The number of nitrogens with zero attached hydrogens (tertiary/aromatic N) is 2. The predicted molar refractivity (Wildman–Crippen MR) is 111 cm³/mol. The minimum Gasteiger partial charge on any atom is -0.494 e. The molecule has 0 spiro atoms. The molecule has 0 N–H and O–H groups in total. The summed E-state index contributed by atoms with van der Waals surface area (Å²) in [5, 5.41) is 4.38. The molecule has 3 rings (SSSR count). The van der Waals surface area contributed by atoms with Crippen LogP contribution in [-0.2, 0) is 0 Å². The Bertz CT molecular complexity index is 1130. The van der Waals surface area contributed by atoms with Gasteiger partial charge in [-0.15, -0.1) is 0 Å². The van der Waals surface area contributed by atoms with Crippen LogP contribution in [0, 0.1) is 18.6 Å². The van der Waals surface area contributed by atoms with Gasteiger partial charge in [-0.25, -0.2) is 13.5 Å². The summed E-state index contributed by atoms with van der Waals surface area (Å²) in [5.41, 5.74) is 1.63. The van der Waals surface area contributed by atoms with Crippen LogP contribution >= 0.6 is 0 Å². The number of hydrogen-bond acceptors (Lipinski definition) is 3. The second-order valence-corrected chi connectivity index (χ2v) is 6.93. The number of aryl methyl sites for hydroxylation is 1. The number of methoxy groups -OCH3 is 1. The quantitative estimate of drug-likeness (QED) is 0.591. The van der Waals surface area contributed by atoms with Gasteiger partial charge in [0.05, 0.1) is 24.4 Å². The van der Waals surface area contributed by atoms with Crippen LogP contribution in [0.15, 0.2) is 47.3 Å². The molecule has 1 aromatic heterocycles. The number of rotatable bonds is 5. The summed E-state index contributed by atoms with van der Waals surface area (Å²) in [4.78, 5) is 13.1. The lowest BCUT2D eigenvalue weighted by Gasteiger charge is -2.16. The molecule has 1 heterocycles. The Morgan fingerprint density at radius 3 is 2.48 bits per heavy atom. The van der Waals surface area contributed by atoms with Gasteiger partial charge >= 0.3 is 0 Å². The van der Waals surface area contributed by atoms with E-state index in [0.29, 0.717) is 16.8 Å². The van der Waals surface area contributed by atoms with E-state index < -0.39 is 5.82 Å². The van der Waals surface area contributed by atoms with Crippen LogP contribution in [0.4, 0.5) is 8.78 Å². The Kier molecular flexibility index (Phi) is 5.92. The first-order valence-electron chi connectivity index (χ1n) is 9.23. The summed E-state index contributed by atoms with van der Waals surface area (Å²) in [5.74, 6) is -0.867. The Morgan fingerprint density at radius 2 is 1.83 bits per heavy atom. The third kappa shape index (κ3) is 4.11. The number of halogens is 2. The van der Waals surface area contributed by atoms with Crippen LogP contribution in [0.5, 0.6) is 5.75 Å². The van der Waals surface area contributed by atoms with Crippen molar-refractivity contribution in [1.82, 2.24) is 9.78 Å². The smallest absolute Gasteiger partial charge is 0.274 e. The van der Waals surface area contributed by atoms with Gasteiger partial charge in [0.25, 0.3) is 5.56 Å². The minimum atomic E-state index is -0.568. The van der Waals surface area contributed by atoms with Crippen molar-refractivity contribution in [3.8, 4) is 16.9 Å². The predicted octanol–water partition coefficient (Wildman–Crippen LogP) is 5.26. The van der Waals surface area contributed by atoms with Gasteiger partial charge in [0.1, 0.15) is 5.82 Å². The fraction of sp³-hybridized carbons (Fsp3) is 0.217. The zero-order valence-electron chi connectivity index (χ0n) is 16.7. The number of hydrogen-bond donors (Lipinski definition) is 0. The summed E-state index contributed by atoms with van der Waals surface area (Å²) in [6.07, 6.45) is 3.21. The van der Waals surface area contributed by atoms with Crippen LogP contribution < -0.4 is 10.3 Å². The van der Waals surface area contributed by atoms with Crippen molar-refractivity contribution in [1.29, 1.82) is 0 Å². The maximum atomic E-state index is 15.0. The first kappa shape index (κ1) is 20.5. The molecule has 0 saturated heterocycles. The van der Waals surface area contributed by atoms with Gasteiger partial charge in [-0.1, -0.05) is 30.3 Å². The van der Waals surface area contributed by atoms with Gasteiger partial charge in [0, 0.05) is 11.1 Å². The molecule has 0 bridgehead atoms. The van der Waals surface area contributed by atoms with E-state index >= 15 is 0 Å². The summed E-state index contributed by atoms with van der Waals surface area (Å²) < 4.78 is 35.0. The number of ether oxygens (including phenoxy) is 1. The van der Waals surface area contributed by atoms with Gasteiger partial charge < -0.3 is 4.74 Å². The van der Waals surface area contributed by atoms with Crippen molar-refractivity contribution in [3.63, 3.8) is 0 Å². The van der Waals surface area contributed by atoms with Gasteiger partial charge in [0.15, 0.2) is 11.6 Å². The average Bonchev–Trinajstić information content (AvgIpc) is 2.68. The first-order chi connectivity index (χ1) is 13.8. The normalized spacial score (nSPS) is 11.4. The highest BCUT2D eigenvalue weighted by atomic mass is 19.1. The van der Waals surface area contributed by atoms with Crippen molar-refractivity contribution < 1.29 is 13.5 Å². The molecule has 0 unspecified atom stereocenters. The molecule has 0 amide bonds. The Hall–Kier alpha value is -3.28. The molecule has 0 saturated carbocycles. The largest absolute Gasteiger partial charge is 0.494 e. The molecule has 3 aromatic rings. The van der Waals surface area contributed by atoms with Crippen LogP contribution in [0.3, 0.4) is 0 Å². The van der Waals surface area contributed by atoms with E-state index in [4.69, 9.17) is 4.74 Å². The molecule has 0 radical (unpaired) electrons. The van der Waals surface area contributed by atoms with E-state index in [2.05, 4.69) is 5.10 Å². The van der Waals surface area contributed by atoms with E-state index in [1.807, 2.05) is 13.8 Å². The molecule has 2 aromatic carbocycles. The molecule has 150 valence electrons. The van der Waals surface area contributed by atoms with Crippen LogP contribution in [0.25, 0.3) is 23.3 Å². The van der Waals surface area contributed by atoms with Crippen LogP contribution in [-0.4, -0.2) is 16.9 Å². The van der Waals surface area contributed by atoms with Crippen molar-refractivity contribution in [3.05, 3.63) is 81.3 Å². The average molecular weight is 396 g/mol. The summed E-state index contributed by atoms with van der Waals surface area (Å²) in [6.45, 7) is 5.42. The van der Waals surface area contributed by atoms with Crippen LogP contribution in [0.2, 0.25) is 0 Å². The summed E-state index contributed by atoms with van der Waals surface area (Å²) >= 11 is 0. The molecule has 0 atom stereocenters. The topological polar surface area (TPSA) is 44.1 Å². The second-order valence-electron chi connectivity index (χ2n) is 6.93. The van der Waals surface area contributed by atoms with Crippen molar-refractivity contribution in [2.75, 3.05) is 7.11 Å². The second kappa shape index (κ2) is 8.39. The van der Waals surface area contributed by atoms with Crippen molar-refractivity contribution >= 4 is 12.2 Å². The molecule has 6 heteroatoms. The van der Waals surface area contributed by atoms with Gasteiger partial charge in [-0.2, -0.15) is 5.10 Å². The van der Waals surface area contributed by atoms with Crippen molar-refractivity contribution in [2.24, 2.45) is 0 Å². The monoisotopic (exact) mass is 396 g/mol. The van der Waals surface area contributed by atoms with Gasteiger partial charge in [0.2, 0.25) is 0 Å². The van der Waals surface area contributed by atoms with Gasteiger partial charge in [-0.3, -0.25) is 4.79 Å². The number of benzene rings is 2. The molecular weight excluding hydrogens is 374 g/mol. The van der Waals surface area contributed by atoms with E-state index in [9.17, 15) is 13.6 Å². The Balaban J connectivity index is 2.29. The standard InChI is InChI=1S/C23H22F2N2O2/c1-14(2)27-23(28)19(12-11-16-7-5-8-17(24)13-16)21(15(3)26-27)18-9-6-10-20(29-4)22(18)25/h5-14H,1-4H3/b12-11+. The number of aromatic nitrogens is 2. The Morgan fingerprint density at radius 1 is 1.10 bits per heavy atom. The highest BCUT2D eigenvalue weighted by Gasteiger charge is 2.20. The highest BCUT2D eigenvalue weighted by molar-refractivity contribution is 5.82. The fourth-order valence-corrected chi connectivity index (χ4v) is 3.18. The maximum absolute atomic E-state index is 15.0. The zero-order valence-corrected chi connectivity index (χ0v) is 16.7. The van der Waals surface area contributed by atoms with E-state index in [0.717, 1.165) is 0 Å². The molecular formula is C23H22F2N2O2. The lowest BCUT2D eigenvalue weighted by Crippen LogP contribution is -2.28. The third-order valence-electron chi connectivity index (χ3n) is 4.56. The molecule has 0 fully saturated rings. The van der Waals surface area contributed by atoms with Gasteiger partial charge in [-0.05, 0) is 50.6 Å². The summed E-state index contributed by atoms with van der Waals surface area (Å²) in [7, 11) is 1.38. The molecule has 0 aliphatic rings. The van der Waals surface area contributed by atoms with Crippen molar-refractivity contribution in [2.45, 2.75) is 26.8 Å². The first-order valence-corrected chi connectivity index (χ1v) is 9.23. The van der Waals surface area contributed by atoms with E-state index in [1.54, 1.807) is 43.3 Å². The lowest BCUT2D eigenvalue weighted by molar-refractivity contribution is 0.387. The van der Waals surface area contributed by atoms with Crippen LogP contribution in [0.1, 0.15) is 36.7 Å². The SMILES string of the molecule is COc1cccc(-c2c(C)nn(C(C)C)c(=O)c2/C=C/c2cccc(F)c2)c1F. The lowest BCUT2D eigenvalue weighted by atomic mass is 9.97. The Labute approximate surface area is 168 Å². The highest BCUT2D eigenvalue weighted by Crippen LogP contribution is 2.32. The van der Waals surface area contributed by atoms with E-state index in [-0.39, 0.29) is 34.3 Å².